The summed E-state index contributed by atoms with van der Waals surface area (Å²) in [6.45, 7) is 7.48. The third kappa shape index (κ3) is 3.55. The van der Waals surface area contributed by atoms with Gasteiger partial charge in [-0.25, -0.2) is 0 Å². The fraction of sp³-hybridized carbons (Fsp3) is 0.231. The van der Waals surface area contributed by atoms with Crippen LogP contribution in [0.2, 0.25) is 0 Å². The van der Waals surface area contributed by atoms with Gasteiger partial charge in [-0.3, -0.25) is 9.59 Å². The van der Waals surface area contributed by atoms with Crippen LogP contribution in [0.25, 0.3) is 21.8 Å². The highest BCUT2D eigenvalue weighted by Crippen LogP contribution is 2.31. The van der Waals surface area contributed by atoms with Crippen molar-refractivity contribution in [2.24, 2.45) is 0 Å². The van der Waals surface area contributed by atoms with Crippen molar-refractivity contribution < 1.29 is 14.3 Å². The van der Waals surface area contributed by atoms with Gasteiger partial charge < -0.3 is 9.30 Å². The van der Waals surface area contributed by atoms with Crippen LogP contribution in [0.15, 0.2) is 60.7 Å². The van der Waals surface area contributed by atoms with E-state index in [0.717, 1.165) is 27.4 Å². The number of ether oxygens (including phenoxy) is 1. The fourth-order valence-corrected chi connectivity index (χ4v) is 3.99. The van der Waals surface area contributed by atoms with E-state index in [9.17, 15) is 9.59 Å². The zero-order chi connectivity index (χ0) is 21.3. The summed E-state index contributed by atoms with van der Waals surface area (Å²) in [6.07, 6.45) is 0. The first-order valence-corrected chi connectivity index (χ1v) is 10.3. The Kier molecular flexibility index (Phi) is 5.51. The van der Waals surface area contributed by atoms with Crippen LogP contribution in [0.3, 0.4) is 0 Å². The van der Waals surface area contributed by atoms with Gasteiger partial charge in [0.25, 0.3) is 0 Å². The molecule has 0 saturated carbocycles. The first kappa shape index (κ1) is 20.0. The van der Waals surface area contributed by atoms with Gasteiger partial charge in [0.05, 0.1) is 6.61 Å². The molecule has 0 saturated heterocycles. The van der Waals surface area contributed by atoms with Gasteiger partial charge in [0.2, 0.25) is 0 Å². The number of benzene rings is 3. The predicted octanol–water partition coefficient (Wildman–Crippen LogP) is 5.57. The van der Waals surface area contributed by atoms with E-state index >= 15 is 0 Å². The molecule has 3 aromatic carbocycles. The van der Waals surface area contributed by atoms with Crippen molar-refractivity contribution in [1.29, 1.82) is 0 Å². The number of rotatable bonds is 7. The molecule has 4 heteroatoms. The monoisotopic (exact) mass is 399 g/mol. The molecule has 0 aliphatic rings. The molecule has 0 unspecified atom stereocenters. The van der Waals surface area contributed by atoms with Crippen molar-refractivity contribution in [2.45, 2.75) is 27.3 Å². The molecule has 1 aromatic heterocycles. The molecule has 4 rings (SSSR count). The second-order valence-corrected chi connectivity index (χ2v) is 7.51. The summed E-state index contributed by atoms with van der Waals surface area (Å²) in [5.74, 6) is 0.0344. The lowest BCUT2D eigenvalue weighted by Gasteiger charge is -2.08. The van der Waals surface area contributed by atoms with Crippen LogP contribution in [-0.2, 0) is 11.3 Å². The van der Waals surface area contributed by atoms with Gasteiger partial charge >= 0.3 is 0 Å². The fourth-order valence-electron chi connectivity index (χ4n) is 3.99. The number of Topliss-reactive ketones (excluding diaryl/α,β-unsaturated/α-hetero) is 1. The summed E-state index contributed by atoms with van der Waals surface area (Å²) in [4.78, 5) is 25.1. The van der Waals surface area contributed by atoms with Crippen LogP contribution in [0.4, 0.5) is 0 Å². The van der Waals surface area contributed by atoms with E-state index in [1.54, 1.807) is 6.92 Å². The number of hydrogen-bond acceptors (Lipinski definition) is 3. The van der Waals surface area contributed by atoms with Crippen molar-refractivity contribution in [3.8, 4) is 0 Å². The number of hydrogen-bond donors (Lipinski definition) is 0. The number of nitrogens with zero attached hydrogens (tertiary/aromatic N) is 1. The Morgan fingerprint density at radius 2 is 1.53 bits per heavy atom. The minimum absolute atomic E-state index is 0.00735. The minimum Gasteiger partial charge on any atom is -0.380 e. The second kappa shape index (κ2) is 8.25. The van der Waals surface area contributed by atoms with Crippen LogP contribution in [0.1, 0.15) is 45.7 Å². The second-order valence-electron chi connectivity index (χ2n) is 7.51. The lowest BCUT2D eigenvalue weighted by atomic mass is 9.97. The van der Waals surface area contributed by atoms with Gasteiger partial charge in [0.15, 0.2) is 11.6 Å². The highest BCUT2D eigenvalue weighted by atomic mass is 16.5. The highest BCUT2D eigenvalue weighted by molar-refractivity contribution is 6.16. The van der Waals surface area contributed by atoms with Gasteiger partial charge in [-0.2, -0.15) is 0 Å². The molecule has 0 radical (unpaired) electrons. The van der Waals surface area contributed by atoms with E-state index < -0.39 is 0 Å². The third-order valence-corrected chi connectivity index (χ3v) is 5.59. The van der Waals surface area contributed by atoms with Crippen molar-refractivity contribution in [1.82, 2.24) is 4.57 Å². The average Bonchev–Trinajstić information content (AvgIpc) is 3.06. The van der Waals surface area contributed by atoms with Gasteiger partial charge in [-0.15, -0.1) is 0 Å². The summed E-state index contributed by atoms with van der Waals surface area (Å²) in [5, 5.41) is 1.96. The molecule has 4 nitrogen and oxygen atoms in total. The standard InChI is InChI=1S/C26H25NO3/c1-4-30-14-13-27-24-11-9-19(18(3)28)15-22(24)23-16-20(10-12-25(23)27)26(29)21-8-6-5-7-17(21)2/h5-12,15-16H,4,13-14H2,1-3H3. The lowest BCUT2D eigenvalue weighted by molar-refractivity contribution is 0.101. The summed E-state index contributed by atoms with van der Waals surface area (Å²) in [7, 11) is 0. The first-order valence-electron chi connectivity index (χ1n) is 10.3. The quantitative estimate of drug-likeness (QED) is 0.301. The largest absolute Gasteiger partial charge is 0.380 e. The summed E-state index contributed by atoms with van der Waals surface area (Å²) in [5.41, 5.74) is 5.06. The van der Waals surface area contributed by atoms with Crippen LogP contribution in [0.5, 0.6) is 0 Å². The molecular weight excluding hydrogens is 374 g/mol. The maximum Gasteiger partial charge on any atom is 0.193 e. The Balaban J connectivity index is 1.90. The average molecular weight is 399 g/mol. The van der Waals surface area contributed by atoms with Gasteiger partial charge in [0, 0.05) is 51.6 Å². The van der Waals surface area contributed by atoms with Gasteiger partial charge in [-0.05, 0) is 62.7 Å². The van der Waals surface area contributed by atoms with Crippen LogP contribution in [-0.4, -0.2) is 29.3 Å². The van der Waals surface area contributed by atoms with Crippen LogP contribution < -0.4 is 0 Å². The Morgan fingerprint density at radius 3 is 2.17 bits per heavy atom. The molecule has 152 valence electrons. The molecule has 0 amide bonds. The molecule has 0 bridgehead atoms. The summed E-state index contributed by atoms with van der Waals surface area (Å²) < 4.78 is 7.77. The van der Waals surface area contributed by atoms with E-state index in [0.29, 0.717) is 36.4 Å². The molecule has 0 N–H and O–H groups in total. The van der Waals surface area contributed by atoms with E-state index in [-0.39, 0.29) is 11.6 Å². The number of ketones is 2. The number of fused-ring (bicyclic) bond motifs is 3. The summed E-state index contributed by atoms with van der Waals surface area (Å²) in [6, 6.07) is 19.3. The molecule has 0 fully saturated rings. The Morgan fingerprint density at radius 1 is 0.900 bits per heavy atom. The molecule has 30 heavy (non-hydrogen) atoms. The topological polar surface area (TPSA) is 48.3 Å². The minimum atomic E-state index is 0.00735. The SMILES string of the molecule is CCOCCn1c2ccc(C(C)=O)cc2c2cc(C(=O)c3ccccc3C)ccc21. The molecule has 0 aliphatic carbocycles. The zero-order valence-electron chi connectivity index (χ0n) is 17.6. The normalized spacial score (nSPS) is 11.3. The smallest absolute Gasteiger partial charge is 0.193 e. The van der Waals surface area contributed by atoms with E-state index in [1.165, 1.54) is 0 Å². The molecule has 0 spiro atoms. The van der Waals surface area contributed by atoms with E-state index in [4.69, 9.17) is 4.74 Å². The Hall–Kier alpha value is -3.24. The van der Waals surface area contributed by atoms with Crippen molar-refractivity contribution in [3.05, 3.63) is 82.9 Å². The number of carbonyl (C=O) groups is 2. The maximum atomic E-state index is 13.2. The van der Waals surface area contributed by atoms with Crippen molar-refractivity contribution in [2.75, 3.05) is 13.2 Å². The Labute approximate surface area is 176 Å². The van der Waals surface area contributed by atoms with Crippen LogP contribution >= 0.6 is 0 Å². The maximum absolute atomic E-state index is 13.2. The summed E-state index contributed by atoms with van der Waals surface area (Å²) >= 11 is 0. The first-order chi connectivity index (χ1) is 14.5. The van der Waals surface area contributed by atoms with E-state index in [1.807, 2.05) is 74.5 Å². The molecule has 0 aliphatic heterocycles. The number of carbonyl (C=O) groups excluding carboxylic acids is 2. The molecular formula is C26H25NO3. The van der Waals surface area contributed by atoms with Crippen molar-refractivity contribution >= 4 is 33.4 Å². The molecule has 0 atom stereocenters. The molecule has 1 heterocycles. The van der Waals surface area contributed by atoms with Crippen LogP contribution in [0, 0.1) is 6.92 Å². The number of aryl methyl sites for hydroxylation is 1. The van der Waals surface area contributed by atoms with Crippen molar-refractivity contribution in [3.63, 3.8) is 0 Å². The highest BCUT2D eigenvalue weighted by Gasteiger charge is 2.16. The molecule has 4 aromatic rings. The lowest BCUT2D eigenvalue weighted by Crippen LogP contribution is -2.06. The Bertz CT molecular complexity index is 1270. The number of aromatic nitrogens is 1. The van der Waals surface area contributed by atoms with Gasteiger partial charge in [-0.1, -0.05) is 24.3 Å². The van der Waals surface area contributed by atoms with Gasteiger partial charge in [0.1, 0.15) is 0 Å². The third-order valence-electron chi connectivity index (χ3n) is 5.59. The van der Waals surface area contributed by atoms with E-state index in [2.05, 4.69) is 4.57 Å². The zero-order valence-corrected chi connectivity index (χ0v) is 17.6. The predicted molar refractivity (Wildman–Crippen MR) is 121 cm³/mol.